The van der Waals surface area contributed by atoms with Crippen LogP contribution < -0.4 is 4.72 Å². The molecule has 0 aliphatic heterocycles. The molecule has 0 heterocycles. The van der Waals surface area contributed by atoms with Gasteiger partial charge in [-0.15, -0.1) is 0 Å². The van der Waals surface area contributed by atoms with Gasteiger partial charge in [0.25, 0.3) is 0 Å². The number of benzene rings is 1. The van der Waals surface area contributed by atoms with Crippen molar-refractivity contribution >= 4 is 10.0 Å². The van der Waals surface area contributed by atoms with Gasteiger partial charge in [-0.05, 0) is 23.5 Å². The van der Waals surface area contributed by atoms with Crippen molar-refractivity contribution in [3.05, 3.63) is 35.4 Å². The van der Waals surface area contributed by atoms with E-state index in [4.69, 9.17) is 10.4 Å². The molecule has 0 fully saturated rings. The lowest BCUT2D eigenvalue weighted by atomic mass is 9.90. The number of hydrogen-bond donors (Lipinski definition) is 2. The van der Waals surface area contributed by atoms with Crippen molar-refractivity contribution in [3.8, 4) is 6.07 Å². The molecular formula is C14H20N2O3S. The van der Waals surface area contributed by atoms with Crippen molar-refractivity contribution in [2.45, 2.75) is 26.0 Å². The average Bonchev–Trinajstić information content (AvgIpc) is 2.37. The minimum Gasteiger partial charge on any atom is -0.396 e. The second-order valence-corrected chi connectivity index (χ2v) is 7.29. The first-order valence-electron chi connectivity index (χ1n) is 6.36. The van der Waals surface area contributed by atoms with Gasteiger partial charge in [-0.25, -0.2) is 13.1 Å². The molecule has 0 saturated heterocycles. The summed E-state index contributed by atoms with van der Waals surface area (Å²) in [4.78, 5) is 0. The second-order valence-electron chi connectivity index (χ2n) is 5.49. The molecule has 1 aromatic carbocycles. The van der Waals surface area contributed by atoms with Crippen LogP contribution in [0, 0.1) is 16.7 Å². The van der Waals surface area contributed by atoms with E-state index in [0.717, 1.165) is 0 Å². The van der Waals surface area contributed by atoms with E-state index in [1.165, 1.54) is 0 Å². The van der Waals surface area contributed by atoms with Crippen LogP contribution in [-0.2, 0) is 15.8 Å². The third-order valence-electron chi connectivity index (χ3n) is 3.04. The minimum absolute atomic E-state index is 0.0198. The molecule has 20 heavy (non-hydrogen) atoms. The van der Waals surface area contributed by atoms with Gasteiger partial charge in [-0.1, -0.05) is 32.0 Å². The van der Waals surface area contributed by atoms with E-state index in [1.807, 2.05) is 19.9 Å². The number of hydrogen-bond acceptors (Lipinski definition) is 4. The van der Waals surface area contributed by atoms with Gasteiger partial charge in [0, 0.05) is 13.2 Å². The largest absolute Gasteiger partial charge is 0.396 e. The van der Waals surface area contributed by atoms with Crippen molar-refractivity contribution < 1.29 is 13.5 Å². The van der Waals surface area contributed by atoms with E-state index in [9.17, 15) is 8.42 Å². The fraction of sp³-hybridized carbons (Fsp3) is 0.500. The van der Waals surface area contributed by atoms with Crippen LogP contribution in [0.15, 0.2) is 24.3 Å². The number of sulfonamides is 1. The summed E-state index contributed by atoms with van der Waals surface area (Å²) in [5.74, 6) is -0.216. The molecular weight excluding hydrogens is 276 g/mol. The maximum absolute atomic E-state index is 12.0. The molecule has 1 aromatic rings. The molecule has 0 unspecified atom stereocenters. The molecule has 0 spiro atoms. The van der Waals surface area contributed by atoms with Crippen molar-refractivity contribution in [2.75, 3.05) is 13.2 Å². The van der Waals surface area contributed by atoms with Crippen LogP contribution in [0.1, 0.15) is 31.4 Å². The SMILES string of the molecule is CC(C)(CCO)CNS(=O)(=O)Cc1ccccc1C#N. The third kappa shape index (κ3) is 5.29. The van der Waals surface area contributed by atoms with Crippen LogP contribution in [0.4, 0.5) is 0 Å². The maximum atomic E-state index is 12.0. The number of nitrogens with one attached hydrogen (secondary N) is 1. The highest BCUT2D eigenvalue weighted by Gasteiger charge is 2.21. The summed E-state index contributed by atoms with van der Waals surface area (Å²) >= 11 is 0. The predicted octanol–water partition coefficient (Wildman–Crippen LogP) is 1.39. The molecule has 0 aliphatic rings. The standard InChI is InChI=1S/C14H20N2O3S/c1-14(2,7-8-17)11-16-20(18,19)10-13-6-4-3-5-12(13)9-15/h3-6,16-17H,7-8,10-11H2,1-2H3. The Morgan fingerprint density at radius 2 is 2.00 bits per heavy atom. The van der Waals surface area contributed by atoms with Crippen LogP contribution in [0.25, 0.3) is 0 Å². The molecule has 0 bridgehead atoms. The zero-order chi connectivity index (χ0) is 15.2. The lowest BCUT2D eigenvalue weighted by Gasteiger charge is -2.23. The highest BCUT2D eigenvalue weighted by atomic mass is 32.2. The predicted molar refractivity (Wildman–Crippen MR) is 77.3 cm³/mol. The Labute approximate surface area is 120 Å². The molecule has 0 radical (unpaired) electrons. The van der Waals surface area contributed by atoms with Crippen LogP contribution in [0.2, 0.25) is 0 Å². The Morgan fingerprint density at radius 1 is 1.35 bits per heavy atom. The van der Waals surface area contributed by atoms with Gasteiger partial charge in [-0.2, -0.15) is 5.26 Å². The van der Waals surface area contributed by atoms with Crippen molar-refractivity contribution in [1.29, 1.82) is 5.26 Å². The first kappa shape index (κ1) is 16.6. The molecule has 0 saturated carbocycles. The van der Waals surface area contributed by atoms with E-state index in [0.29, 0.717) is 17.5 Å². The van der Waals surface area contributed by atoms with Gasteiger partial charge in [0.05, 0.1) is 17.4 Å². The van der Waals surface area contributed by atoms with E-state index in [1.54, 1.807) is 24.3 Å². The Kier molecular flexibility index (Phi) is 5.69. The summed E-state index contributed by atoms with van der Waals surface area (Å²) in [6.07, 6.45) is 0.518. The van der Waals surface area contributed by atoms with Crippen LogP contribution in [0.5, 0.6) is 0 Å². The highest BCUT2D eigenvalue weighted by molar-refractivity contribution is 7.88. The first-order valence-corrected chi connectivity index (χ1v) is 8.01. The number of aliphatic hydroxyl groups excluding tert-OH is 1. The van der Waals surface area contributed by atoms with Crippen molar-refractivity contribution in [3.63, 3.8) is 0 Å². The van der Waals surface area contributed by atoms with Gasteiger partial charge in [0.1, 0.15) is 0 Å². The Hall–Kier alpha value is -1.42. The summed E-state index contributed by atoms with van der Waals surface area (Å²) < 4.78 is 26.6. The fourth-order valence-electron chi connectivity index (χ4n) is 1.71. The summed E-state index contributed by atoms with van der Waals surface area (Å²) in [7, 11) is -3.50. The Morgan fingerprint density at radius 3 is 2.60 bits per heavy atom. The zero-order valence-electron chi connectivity index (χ0n) is 11.8. The molecule has 6 heteroatoms. The van der Waals surface area contributed by atoms with Gasteiger partial charge in [0.15, 0.2) is 0 Å². The van der Waals surface area contributed by atoms with Gasteiger partial charge < -0.3 is 5.11 Å². The summed E-state index contributed by atoms with van der Waals surface area (Å²) in [5, 5.41) is 17.9. The second kappa shape index (κ2) is 6.84. The van der Waals surface area contributed by atoms with Gasteiger partial charge >= 0.3 is 0 Å². The van der Waals surface area contributed by atoms with E-state index >= 15 is 0 Å². The molecule has 110 valence electrons. The molecule has 0 atom stereocenters. The average molecular weight is 296 g/mol. The van der Waals surface area contributed by atoms with Crippen molar-refractivity contribution in [2.24, 2.45) is 5.41 Å². The van der Waals surface area contributed by atoms with Crippen LogP contribution >= 0.6 is 0 Å². The van der Waals surface area contributed by atoms with Crippen LogP contribution in [-0.4, -0.2) is 26.7 Å². The van der Waals surface area contributed by atoms with E-state index in [-0.39, 0.29) is 24.3 Å². The highest BCUT2D eigenvalue weighted by Crippen LogP contribution is 2.19. The number of aliphatic hydroxyl groups is 1. The van der Waals surface area contributed by atoms with Gasteiger partial charge in [-0.3, -0.25) is 0 Å². The summed E-state index contributed by atoms with van der Waals surface area (Å²) in [6, 6.07) is 8.63. The quantitative estimate of drug-likeness (QED) is 0.795. The topological polar surface area (TPSA) is 90.2 Å². The molecule has 0 aliphatic carbocycles. The fourth-order valence-corrected chi connectivity index (χ4v) is 3.08. The third-order valence-corrected chi connectivity index (χ3v) is 4.32. The maximum Gasteiger partial charge on any atom is 0.215 e. The van der Waals surface area contributed by atoms with E-state index < -0.39 is 10.0 Å². The summed E-state index contributed by atoms with van der Waals surface area (Å²) in [5.41, 5.74) is 0.547. The first-order chi connectivity index (χ1) is 9.29. The zero-order valence-corrected chi connectivity index (χ0v) is 12.6. The van der Waals surface area contributed by atoms with Crippen molar-refractivity contribution in [1.82, 2.24) is 4.72 Å². The lowest BCUT2D eigenvalue weighted by Crippen LogP contribution is -2.35. The molecule has 0 amide bonds. The monoisotopic (exact) mass is 296 g/mol. The Balaban J connectivity index is 2.74. The van der Waals surface area contributed by atoms with Gasteiger partial charge in [0.2, 0.25) is 10.0 Å². The molecule has 2 N–H and O–H groups in total. The molecule has 1 rings (SSSR count). The normalized spacial score (nSPS) is 12.1. The number of nitrogens with zero attached hydrogens (tertiary/aromatic N) is 1. The van der Waals surface area contributed by atoms with E-state index in [2.05, 4.69) is 4.72 Å². The molecule has 5 nitrogen and oxygen atoms in total. The summed E-state index contributed by atoms with van der Waals surface area (Å²) in [6.45, 7) is 4.04. The van der Waals surface area contributed by atoms with Crippen LogP contribution in [0.3, 0.4) is 0 Å². The number of rotatable bonds is 7. The lowest BCUT2D eigenvalue weighted by molar-refractivity contribution is 0.213. The minimum atomic E-state index is -3.50. The molecule has 0 aromatic heterocycles. The number of nitriles is 1. The Bertz CT molecular complexity index is 589. The smallest absolute Gasteiger partial charge is 0.215 e.